The monoisotopic (exact) mass is 229 g/mol. The van der Waals surface area contributed by atoms with Crippen LogP contribution in [-0.2, 0) is 4.79 Å². The summed E-state index contributed by atoms with van der Waals surface area (Å²) in [4.78, 5) is 13.3. The Kier molecular flexibility index (Phi) is 2.41. The topological polar surface area (TPSA) is 20.3 Å². The first-order chi connectivity index (χ1) is 6.61. The molecule has 1 aromatic carbocycles. The molecule has 0 aliphatic carbocycles. The zero-order valence-electron chi connectivity index (χ0n) is 7.41. The fourth-order valence-corrected chi connectivity index (χ4v) is 1.89. The lowest BCUT2D eigenvalue weighted by Crippen LogP contribution is -2.31. The minimum absolute atomic E-state index is 0.230. The number of hydrogen-bond donors (Lipinski definition) is 0. The number of benzene rings is 1. The Morgan fingerprint density at radius 1 is 1.21 bits per heavy atom. The molecule has 1 fully saturated rings. The quantitative estimate of drug-likeness (QED) is 0.679. The molecule has 1 aromatic rings. The second-order valence-corrected chi connectivity index (χ2v) is 4.73. The average molecular weight is 230 g/mol. The van der Waals surface area contributed by atoms with Crippen LogP contribution in [-0.4, -0.2) is 16.8 Å². The van der Waals surface area contributed by atoms with Gasteiger partial charge in [0.25, 0.3) is 5.91 Å². The van der Waals surface area contributed by atoms with Gasteiger partial charge in [0.2, 0.25) is 0 Å². The van der Waals surface area contributed by atoms with Gasteiger partial charge in [-0.1, -0.05) is 41.4 Å². The first kappa shape index (κ1) is 9.81. The number of carbonyl (C=O) groups excluding carboxylic acids is 1. The third-order valence-corrected chi connectivity index (χ3v) is 2.98. The molecular formula is C10H9Cl2NO. The summed E-state index contributed by atoms with van der Waals surface area (Å²) in [7, 11) is 0. The summed E-state index contributed by atoms with van der Waals surface area (Å²) in [5.41, 5.74) is 0.848. The van der Waals surface area contributed by atoms with E-state index in [-0.39, 0.29) is 5.91 Å². The molecule has 1 saturated heterocycles. The summed E-state index contributed by atoms with van der Waals surface area (Å²) in [6.45, 7) is 0.579. The van der Waals surface area contributed by atoms with Crippen molar-refractivity contribution in [2.75, 3.05) is 11.4 Å². The summed E-state index contributed by atoms with van der Waals surface area (Å²) < 4.78 is -1.24. The summed E-state index contributed by atoms with van der Waals surface area (Å²) in [5, 5.41) is 0. The molecular weight excluding hydrogens is 221 g/mol. The molecule has 0 atom stereocenters. The molecule has 2 nitrogen and oxygen atoms in total. The number of rotatable bonds is 1. The zero-order valence-corrected chi connectivity index (χ0v) is 8.92. The third kappa shape index (κ3) is 1.60. The van der Waals surface area contributed by atoms with E-state index in [4.69, 9.17) is 23.2 Å². The van der Waals surface area contributed by atoms with E-state index >= 15 is 0 Å². The summed E-state index contributed by atoms with van der Waals surface area (Å²) >= 11 is 11.7. The van der Waals surface area contributed by atoms with E-state index < -0.39 is 4.33 Å². The molecule has 0 aromatic heterocycles. The van der Waals surface area contributed by atoms with Crippen molar-refractivity contribution in [3.63, 3.8) is 0 Å². The maximum atomic E-state index is 11.7. The predicted octanol–water partition coefficient (Wildman–Crippen LogP) is 2.60. The van der Waals surface area contributed by atoms with Gasteiger partial charge in [0, 0.05) is 18.7 Å². The van der Waals surface area contributed by atoms with Gasteiger partial charge in [0.15, 0.2) is 4.33 Å². The molecule has 14 heavy (non-hydrogen) atoms. The van der Waals surface area contributed by atoms with Crippen LogP contribution in [0.4, 0.5) is 5.69 Å². The van der Waals surface area contributed by atoms with E-state index in [1.165, 1.54) is 0 Å². The average Bonchev–Trinajstić information content (AvgIpc) is 2.44. The summed E-state index contributed by atoms with van der Waals surface area (Å²) in [6.07, 6.45) is 0.476. The molecule has 0 saturated carbocycles. The lowest BCUT2D eigenvalue weighted by molar-refractivity contribution is -0.117. The molecule has 0 bridgehead atoms. The van der Waals surface area contributed by atoms with Crippen molar-refractivity contribution in [3.05, 3.63) is 30.3 Å². The second kappa shape index (κ2) is 3.44. The SMILES string of the molecule is O=C1N(c2ccccc2)CCC1(Cl)Cl. The van der Waals surface area contributed by atoms with E-state index in [9.17, 15) is 4.79 Å². The number of para-hydroxylation sites is 1. The van der Waals surface area contributed by atoms with Crippen LogP contribution >= 0.6 is 23.2 Å². The van der Waals surface area contributed by atoms with Crippen molar-refractivity contribution < 1.29 is 4.79 Å². The molecule has 4 heteroatoms. The van der Waals surface area contributed by atoms with Gasteiger partial charge >= 0.3 is 0 Å². The van der Waals surface area contributed by atoms with Gasteiger partial charge in [-0.25, -0.2) is 0 Å². The molecule has 0 N–H and O–H groups in total. The van der Waals surface area contributed by atoms with Gasteiger partial charge in [0.1, 0.15) is 0 Å². The number of carbonyl (C=O) groups is 1. The molecule has 2 rings (SSSR count). The zero-order chi connectivity index (χ0) is 10.2. The van der Waals surface area contributed by atoms with E-state index in [0.717, 1.165) is 5.69 Å². The van der Waals surface area contributed by atoms with Gasteiger partial charge in [0.05, 0.1) is 0 Å². The Hall–Kier alpha value is -0.730. The van der Waals surface area contributed by atoms with Gasteiger partial charge in [-0.05, 0) is 12.1 Å². The van der Waals surface area contributed by atoms with Crippen molar-refractivity contribution in [2.45, 2.75) is 10.8 Å². The van der Waals surface area contributed by atoms with Crippen molar-refractivity contribution in [1.82, 2.24) is 0 Å². The van der Waals surface area contributed by atoms with Crippen LogP contribution in [0.3, 0.4) is 0 Å². The first-order valence-electron chi connectivity index (χ1n) is 4.36. The minimum atomic E-state index is -1.24. The number of anilines is 1. The molecule has 1 heterocycles. The van der Waals surface area contributed by atoms with Gasteiger partial charge in [-0.15, -0.1) is 0 Å². The van der Waals surface area contributed by atoms with Crippen LogP contribution in [0.15, 0.2) is 30.3 Å². The highest BCUT2D eigenvalue weighted by molar-refractivity contribution is 6.59. The van der Waals surface area contributed by atoms with E-state index in [0.29, 0.717) is 13.0 Å². The maximum absolute atomic E-state index is 11.7. The van der Waals surface area contributed by atoms with Crippen LogP contribution in [0.25, 0.3) is 0 Å². The number of amides is 1. The van der Waals surface area contributed by atoms with Crippen LogP contribution in [0.1, 0.15) is 6.42 Å². The fourth-order valence-electron chi connectivity index (χ4n) is 1.51. The van der Waals surface area contributed by atoms with E-state index in [2.05, 4.69) is 0 Å². The summed E-state index contributed by atoms with van der Waals surface area (Å²) in [5.74, 6) is -0.230. The van der Waals surface area contributed by atoms with Crippen LogP contribution in [0.2, 0.25) is 0 Å². The second-order valence-electron chi connectivity index (χ2n) is 3.25. The highest BCUT2D eigenvalue weighted by Gasteiger charge is 2.44. The first-order valence-corrected chi connectivity index (χ1v) is 5.12. The highest BCUT2D eigenvalue weighted by Crippen LogP contribution is 2.36. The number of hydrogen-bond acceptors (Lipinski definition) is 1. The molecule has 74 valence electrons. The van der Waals surface area contributed by atoms with Gasteiger partial charge < -0.3 is 4.90 Å². The third-order valence-electron chi connectivity index (χ3n) is 2.28. The van der Waals surface area contributed by atoms with Crippen molar-refractivity contribution in [1.29, 1.82) is 0 Å². The van der Waals surface area contributed by atoms with Crippen molar-refractivity contribution in [3.8, 4) is 0 Å². The van der Waals surface area contributed by atoms with Crippen molar-refractivity contribution >= 4 is 34.8 Å². The molecule has 0 unspecified atom stereocenters. The number of halogens is 2. The standard InChI is InChI=1S/C10H9Cl2NO/c11-10(12)6-7-13(9(10)14)8-4-2-1-3-5-8/h1-5H,6-7H2. The Morgan fingerprint density at radius 3 is 2.36 bits per heavy atom. The maximum Gasteiger partial charge on any atom is 0.263 e. The molecule has 1 aliphatic rings. The number of nitrogens with zero attached hydrogens (tertiary/aromatic N) is 1. The highest BCUT2D eigenvalue weighted by atomic mass is 35.5. The van der Waals surface area contributed by atoms with Crippen LogP contribution in [0.5, 0.6) is 0 Å². The normalized spacial score (nSPS) is 20.1. The lowest BCUT2D eigenvalue weighted by atomic mass is 10.3. The minimum Gasteiger partial charge on any atom is -0.310 e. The molecule has 0 spiro atoms. The van der Waals surface area contributed by atoms with Crippen LogP contribution < -0.4 is 4.90 Å². The molecule has 1 aliphatic heterocycles. The largest absolute Gasteiger partial charge is 0.310 e. The molecule has 1 amide bonds. The number of alkyl halides is 2. The Balaban J connectivity index is 2.27. The molecule has 0 radical (unpaired) electrons. The van der Waals surface area contributed by atoms with Gasteiger partial charge in [-0.3, -0.25) is 4.79 Å². The van der Waals surface area contributed by atoms with Crippen LogP contribution in [0, 0.1) is 0 Å². The Morgan fingerprint density at radius 2 is 1.86 bits per heavy atom. The van der Waals surface area contributed by atoms with E-state index in [1.807, 2.05) is 30.3 Å². The fraction of sp³-hybridized carbons (Fsp3) is 0.300. The lowest BCUT2D eigenvalue weighted by Gasteiger charge is -2.16. The van der Waals surface area contributed by atoms with Crippen molar-refractivity contribution in [2.24, 2.45) is 0 Å². The predicted molar refractivity (Wildman–Crippen MR) is 57.8 cm³/mol. The van der Waals surface area contributed by atoms with Gasteiger partial charge in [-0.2, -0.15) is 0 Å². The summed E-state index contributed by atoms with van der Waals surface area (Å²) in [6, 6.07) is 9.40. The Labute approximate surface area is 92.4 Å². The smallest absolute Gasteiger partial charge is 0.263 e. The Bertz CT molecular complexity index is 350. The van der Waals surface area contributed by atoms with E-state index in [1.54, 1.807) is 4.90 Å².